The molecule has 1 N–H and O–H groups in total. The van der Waals surface area contributed by atoms with Gasteiger partial charge in [0.2, 0.25) is 0 Å². The van der Waals surface area contributed by atoms with Crippen LogP contribution in [0, 0.1) is 38.7 Å². The second-order valence-corrected chi connectivity index (χ2v) is 11.3. The zero-order chi connectivity index (χ0) is 30.6. The molecule has 4 nitrogen and oxygen atoms in total. The molecule has 5 rings (SSSR count). The quantitative estimate of drug-likeness (QED) is 0.0975. The number of aromatic nitrogens is 1. The molecule has 0 unspecified atom stereocenters. The van der Waals surface area contributed by atoms with Crippen LogP contribution in [0.25, 0.3) is 33.2 Å². The van der Waals surface area contributed by atoms with E-state index in [-0.39, 0.29) is 49.3 Å². The van der Waals surface area contributed by atoms with E-state index in [1.165, 1.54) is 11.6 Å². The molecule has 1 aliphatic rings. The van der Waals surface area contributed by atoms with Crippen LogP contribution in [-0.2, 0) is 24.9 Å². The number of benzene rings is 3. The zero-order valence-electron chi connectivity index (χ0n) is 26.3. The Labute approximate surface area is 270 Å². The number of nitrogens with zero attached hydrogens (tertiary/aromatic N) is 1. The van der Waals surface area contributed by atoms with E-state index >= 15 is 0 Å². The van der Waals surface area contributed by atoms with Gasteiger partial charge in [0.1, 0.15) is 0 Å². The number of hydrogen-bond acceptors (Lipinski definition) is 4. The first-order chi connectivity index (χ1) is 20.1. The van der Waals surface area contributed by atoms with Crippen LogP contribution in [0.4, 0.5) is 0 Å². The van der Waals surface area contributed by atoms with E-state index < -0.39 is 0 Å². The van der Waals surface area contributed by atoms with Crippen LogP contribution in [0.1, 0.15) is 86.0 Å². The van der Waals surface area contributed by atoms with Crippen LogP contribution in [0.2, 0.25) is 0 Å². The number of allylic oxidation sites excluding steroid dienone is 2. The Morgan fingerprint density at radius 3 is 2.14 bits per heavy atom. The van der Waals surface area contributed by atoms with E-state index in [0.717, 1.165) is 75.5 Å². The Balaban J connectivity index is 0.000000274. The largest absolute Gasteiger partial charge is 0.512 e. The van der Waals surface area contributed by atoms with Crippen molar-refractivity contribution in [2.75, 3.05) is 0 Å². The number of aryl methyl sites for hydroxylation is 3. The molecule has 5 heteroatoms. The Bertz CT molecular complexity index is 1640. The molecule has 1 aromatic heterocycles. The molecule has 0 saturated carbocycles. The molecule has 227 valence electrons. The number of rotatable bonds is 8. The van der Waals surface area contributed by atoms with Gasteiger partial charge in [-0.05, 0) is 65.8 Å². The number of fused-ring (bicyclic) bond motifs is 2. The van der Waals surface area contributed by atoms with Crippen LogP contribution < -0.4 is 0 Å². The summed E-state index contributed by atoms with van der Waals surface area (Å²) >= 11 is 0. The van der Waals surface area contributed by atoms with Gasteiger partial charge in [-0.2, -0.15) is 0 Å². The van der Waals surface area contributed by atoms with Gasteiger partial charge >= 0.3 is 0 Å². The van der Waals surface area contributed by atoms with Crippen LogP contribution in [0.15, 0.2) is 66.6 Å². The number of aliphatic hydroxyl groups is 1. The van der Waals surface area contributed by atoms with Crippen molar-refractivity contribution in [1.29, 1.82) is 0 Å². The minimum Gasteiger partial charge on any atom is -0.512 e. The van der Waals surface area contributed by atoms with E-state index in [0.29, 0.717) is 5.56 Å². The summed E-state index contributed by atoms with van der Waals surface area (Å²) in [5.41, 5.74) is 8.73. The van der Waals surface area contributed by atoms with Crippen molar-refractivity contribution < 1.29 is 34.8 Å². The minimum atomic E-state index is 0. The molecule has 0 bridgehead atoms. The average molecular weight is 753 g/mol. The second-order valence-electron chi connectivity index (χ2n) is 11.3. The number of aliphatic hydroxyl groups excluding tert-OH is 1. The zero-order valence-corrected chi connectivity index (χ0v) is 28.7. The third kappa shape index (κ3) is 7.06. The Kier molecular flexibility index (Phi) is 11.8. The van der Waals surface area contributed by atoms with Gasteiger partial charge in [-0.1, -0.05) is 77.9 Å². The van der Waals surface area contributed by atoms with Crippen LogP contribution >= 0.6 is 0 Å². The normalized spacial score (nSPS) is 12.1. The summed E-state index contributed by atoms with van der Waals surface area (Å²) in [5.74, 6) is 0.612. The van der Waals surface area contributed by atoms with E-state index in [9.17, 15) is 14.7 Å². The smallest absolute Gasteiger partial charge is 0.196 e. The van der Waals surface area contributed by atoms with Gasteiger partial charge in [0.25, 0.3) is 0 Å². The molecular formula is C38H42IrNO3-. The summed E-state index contributed by atoms with van der Waals surface area (Å²) in [6.45, 7) is 14.2. The van der Waals surface area contributed by atoms with Crippen molar-refractivity contribution >= 4 is 22.3 Å². The maximum absolute atomic E-state index is 13.2. The van der Waals surface area contributed by atoms with Crippen molar-refractivity contribution in [3.05, 3.63) is 100 Å². The fourth-order valence-electron chi connectivity index (χ4n) is 6.04. The SMILES string of the molecule is CCC(CC)C(=O)/C=C(\O)C(CC)CC.Cc1[c-]c(-c2ncc3c4c(cccc24)-c2cccc(C)c2C3=O)cc(C)c1.[Ir]. The number of ketones is 2. The Morgan fingerprint density at radius 1 is 0.884 bits per heavy atom. The van der Waals surface area contributed by atoms with E-state index in [2.05, 4.69) is 43.3 Å². The molecule has 1 heterocycles. The second kappa shape index (κ2) is 14.9. The predicted molar refractivity (Wildman–Crippen MR) is 173 cm³/mol. The van der Waals surface area contributed by atoms with Crippen LogP contribution in [0.5, 0.6) is 0 Å². The molecule has 3 aromatic carbocycles. The summed E-state index contributed by atoms with van der Waals surface area (Å²) in [5, 5.41) is 11.8. The molecule has 0 amide bonds. The molecule has 0 atom stereocenters. The van der Waals surface area contributed by atoms with E-state index in [1.54, 1.807) is 6.20 Å². The number of hydrogen-bond donors (Lipinski definition) is 1. The fraction of sp³-hybridized carbons (Fsp3) is 0.342. The molecule has 4 aromatic rings. The summed E-state index contributed by atoms with van der Waals surface area (Å²) < 4.78 is 0. The van der Waals surface area contributed by atoms with Gasteiger partial charge in [-0.3, -0.25) is 9.59 Å². The first-order valence-corrected chi connectivity index (χ1v) is 15.2. The molecule has 0 saturated heterocycles. The topological polar surface area (TPSA) is 67.3 Å². The maximum atomic E-state index is 13.2. The average Bonchev–Trinajstić information content (AvgIpc) is 2.96. The summed E-state index contributed by atoms with van der Waals surface area (Å²) in [6.07, 6.45) is 6.65. The Morgan fingerprint density at radius 2 is 1.51 bits per heavy atom. The third-order valence-corrected chi connectivity index (χ3v) is 8.43. The van der Waals surface area contributed by atoms with E-state index in [4.69, 9.17) is 4.98 Å². The summed E-state index contributed by atoms with van der Waals surface area (Å²) in [4.78, 5) is 29.6. The molecular weight excluding hydrogens is 711 g/mol. The molecule has 0 fully saturated rings. The van der Waals surface area contributed by atoms with Crippen LogP contribution in [-0.4, -0.2) is 21.7 Å². The molecule has 1 aliphatic carbocycles. The van der Waals surface area contributed by atoms with Gasteiger partial charge in [0.05, 0.1) is 5.76 Å². The van der Waals surface area contributed by atoms with Crippen molar-refractivity contribution in [2.24, 2.45) is 11.8 Å². The minimum absolute atomic E-state index is 0. The predicted octanol–water partition coefficient (Wildman–Crippen LogP) is 9.71. The number of carbonyl (C=O) groups is 2. The van der Waals surface area contributed by atoms with Gasteiger partial charge in [0.15, 0.2) is 11.6 Å². The first-order valence-electron chi connectivity index (χ1n) is 15.2. The Hall–Kier alpha value is -3.40. The fourth-order valence-corrected chi connectivity index (χ4v) is 6.04. The summed E-state index contributed by atoms with van der Waals surface area (Å²) in [7, 11) is 0. The third-order valence-electron chi connectivity index (χ3n) is 8.43. The number of carbonyl (C=O) groups excluding carboxylic acids is 2. The van der Waals surface area contributed by atoms with Gasteiger partial charge in [0, 0.05) is 55.3 Å². The monoisotopic (exact) mass is 753 g/mol. The van der Waals surface area contributed by atoms with Crippen molar-refractivity contribution in [2.45, 2.75) is 74.1 Å². The standard InChI is InChI=1S/C25H18NO.C13H24O2.Ir/c1-14-10-15(2)12-17(11-14)24-20-9-5-8-19-18-7-4-6-16(3)22(18)25(27)21(13-26-24)23(19)20;1-5-10(6-2)12(14)9-13(15)11(7-3)8-4;/h4-11,13H,1-3H3;9-11,14H,5-8H2,1-4H3;/q-1;;/b;12-9-;. The van der Waals surface area contributed by atoms with Gasteiger partial charge in [-0.15, -0.1) is 34.9 Å². The molecule has 0 aliphatic heterocycles. The van der Waals surface area contributed by atoms with E-state index in [1.807, 2.05) is 59.7 Å². The summed E-state index contributed by atoms with van der Waals surface area (Å²) in [6, 6.07) is 19.9. The maximum Gasteiger partial charge on any atom is 0.196 e. The van der Waals surface area contributed by atoms with Gasteiger partial charge < -0.3 is 10.1 Å². The van der Waals surface area contributed by atoms with Crippen molar-refractivity contribution in [3.8, 4) is 22.4 Å². The van der Waals surface area contributed by atoms with Crippen molar-refractivity contribution in [3.63, 3.8) is 0 Å². The first kappa shape index (κ1) is 34.1. The molecule has 43 heavy (non-hydrogen) atoms. The molecule has 0 spiro atoms. The van der Waals surface area contributed by atoms with Gasteiger partial charge in [-0.25, -0.2) is 0 Å². The van der Waals surface area contributed by atoms with Crippen molar-refractivity contribution in [1.82, 2.24) is 4.98 Å². The van der Waals surface area contributed by atoms with Crippen LogP contribution in [0.3, 0.4) is 0 Å². The number of pyridine rings is 1. The molecule has 1 radical (unpaired) electrons.